The predicted octanol–water partition coefficient (Wildman–Crippen LogP) is 4.16. The number of benzene rings is 1. The van der Waals surface area contributed by atoms with Gasteiger partial charge >= 0.3 is 12.1 Å². The monoisotopic (exact) mass is 265 g/mol. The molecule has 0 atom stereocenters. The van der Waals surface area contributed by atoms with Gasteiger partial charge in [0.15, 0.2) is 0 Å². The van der Waals surface area contributed by atoms with Crippen molar-refractivity contribution < 1.29 is 22.0 Å². The first-order valence-electron chi connectivity index (χ1n) is 5.59. The summed E-state index contributed by atoms with van der Waals surface area (Å²) in [5.74, 6) is -4.30. The zero-order chi connectivity index (χ0) is 13.4. The first kappa shape index (κ1) is 13.1. The van der Waals surface area contributed by atoms with Gasteiger partial charge in [0.2, 0.25) is 0 Å². The highest BCUT2D eigenvalue weighted by Crippen LogP contribution is 2.44. The number of alkyl halides is 5. The average Bonchev–Trinajstić information content (AvgIpc) is 3.09. The van der Waals surface area contributed by atoms with Gasteiger partial charge in [0, 0.05) is 17.8 Å². The molecule has 18 heavy (non-hydrogen) atoms. The lowest BCUT2D eigenvalue weighted by Gasteiger charge is -2.20. The van der Waals surface area contributed by atoms with Gasteiger partial charge in [0.05, 0.1) is 0 Å². The Bertz CT molecular complexity index is 423. The van der Waals surface area contributed by atoms with Crippen molar-refractivity contribution in [2.24, 2.45) is 5.92 Å². The lowest BCUT2D eigenvalue weighted by molar-refractivity contribution is -0.289. The molecule has 0 radical (unpaired) electrons. The summed E-state index contributed by atoms with van der Waals surface area (Å²) in [7, 11) is 0. The van der Waals surface area contributed by atoms with E-state index in [1.807, 2.05) is 0 Å². The molecule has 1 N–H and O–H groups in total. The molecule has 0 aliphatic heterocycles. The first-order chi connectivity index (χ1) is 8.30. The molecule has 1 aliphatic carbocycles. The standard InChI is InChI=1S/C12H12F5N/c13-11(14,12(15,16)17)9-2-1-3-10(6-9)18-7-8-4-5-8/h1-3,6,8,18H,4-5,7H2. The van der Waals surface area contributed by atoms with Crippen LogP contribution in [0.4, 0.5) is 27.6 Å². The number of nitrogens with one attached hydrogen (secondary N) is 1. The molecule has 1 aromatic rings. The van der Waals surface area contributed by atoms with E-state index in [1.54, 1.807) is 0 Å². The Kier molecular flexibility index (Phi) is 3.21. The lowest BCUT2D eigenvalue weighted by atomic mass is 10.1. The smallest absolute Gasteiger partial charge is 0.385 e. The average molecular weight is 265 g/mol. The second-order valence-corrected chi connectivity index (χ2v) is 4.48. The molecule has 1 fully saturated rings. The molecule has 6 heteroatoms. The second kappa shape index (κ2) is 4.40. The summed E-state index contributed by atoms with van der Waals surface area (Å²) in [5.41, 5.74) is -0.737. The fraction of sp³-hybridized carbons (Fsp3) is 0.500. The summed E-state index contributed by atoms with van der Waals surface area (Å²) in [4.78, 5) is 0. The SMILES string of the molecule is FC(F)(F)C(F)(F)c1cccc(NCC2CC2)c1. The molecule has 0 aromatic heterocycles. The molecule has 100 valence electrons. The van der Waals surface area contributed by atoms with Crippen molar-refractivity contribution in [2.45, 2.75) is 24.9 Å². The molecule has 1 aliphatic rings. The van der Waals surface area contributed by atoms with Gasteiger partial charge in [-0.2, -0.15) is 22.0 Å². The van der Waals surface area contributed by atoms with Crippen LogP contribution in [0.1, 0.15) is 18.4 Å². The summed E-state index contributed by atoms with van der Waals surface area (Å²) in [6, 6.07) is 4.33. The van der Waals surface area contributed by atoms with E-state index in [1.165, 1.54) is 12.1 Å². The Morgan fingerprint density at radius 1 is 1.11 bits per heavy atom. The zero-order valence-corrected chi connectivity index (χ0v) is 9.40. The molecule has 0 saturated heterocycles. The van der Waals surface area contributed by atoms with Gasteiger partial charge in [0.1, 0.15) is 0 Å². The van der Waals surface area contributed by atoms with Crippen molar-refractivity contribution in [3.63, 3.8) is 0 Å². The Hall–Kier alpha value is -1.33. The van der Waals surface area contributed by atoms with Crippen LogP contribution in [0.2, 0.25) is 0 Å². The maximum Gasteiger partial charge on any atom is 0.458 e. The van der Waals surface area contributed by atoms with Gasteiger partial charge in [-0.3, -0.25) is 0 Å². The second-order valence-electron chi connectivity index (χ2n) is 4.48. The molecular weight excluding hydrogens is 253 g/mol. The summed E-state index contributed by atoms with van der Waals surface area (Å²) in [5, 5.41) is 2.87. The van der Waals surface area contributed by atoms with Crippen LogP contribution in [-0.4, -0.2) is 12.7 Å². The van der Waals surface area contributed by atoms with E-state index < -0.39 is 17.7 Å². The van der Waals surface area contributed by atoms with Crippen molar-refractivity contribution in [3.8, 4) is 0 Å². The maximum absolute atomic E-state index is 13.1. The Morgan fingerprint density at radius 2 is 1.78 bits per heavy atom. The topological polar surface area (TPSA) is 12.0 Å². The molecule has 1 aromatic carbocycles. The number of anilines is 1. The normalized spacial score (nSPS) is 16.7. The van der Waals surface area contributed by atoms with Crippen LogP contribution in [0.3, 0.4) is 0 Å². The van der Waals surface area contributed by atoms with Crippen LogP contribution >= 0.6 is 0 Å². The Labute approximate surface area is 101 Å². The van der Waals surface area contributed by atoms with Gasteiger partial charge in [-0.25, -0.2) is 0 Å². The third-order valence-electron chi connectivity index (χ3n) is 2.87. The Morgan fingerprint density at radius 3 is 2.33 bits per heavy atom. The lowest BCUT2D eigenvalue weighted by Crippen LogP contribution is -2.33. The van der Waals surface area contributed by atoms with Crippen LogP contribution < -0.4 is 5.32 Å². The van der Waals surface area contributed by atoms with E-state index in [0.29, 0.717) is 18.2 Å². The van der Waals surface area contributed by atoms with Crippen molar-refractivity contribution in [2.75, 3.05) is 11.9 Å². The van der Waals surface area contributed by atoms with Crippen molar-refractivity contribution in [3.05, 3.63) is 29.8 Å². The highest BCUT2D eigenvalue weighted by atomic mass is 19.4. The molecule has 0 unspecified atom stereocenters. The van der Waals surface area contributed by atoms with Crippen LogP contribution in [0.25, 0.3) is 0 Å². The zero-order valence-electron chi connectivity index (χ0n) is 9.40. The van der Waals surface area contributed by atoms with E-state index in [2.05, 4.69) is 5.32 Å². The van der Waals surface area contributed by atoms with E-state index >= 15 is 0 Å². The number of hydrogen-bond acceptors (Lipinski definition) is 1. The minimum Gasteiger partial charge on any atom is -0.385 e. The fourth-order valence-electron chi connectivity index (χ4n) is 1.57. The largest absolute Gasteiger partial charge is 0.458 e. The molecule has 0 spiro atoms. The molecule has 0 amide bonds. The first-order valence-corrected chi connectivity index (χ1v) is 5.59. The van der Waals surface area contributed by atoms with Gasteiger partial charge in [-0.15, -0.1) is 0 Å². The van der Waals surface area contributed by atoms with Gasteiger partial charge in [-0.05, 0) is 30.9 Å². The Balaban J connectivity index is 2.15. The van der Waals surface area contributed by atoms with Gasteiger partial charge in [-0.1, -0.05) is 12.1 Å². The number of hydrogen-bond donors (Lipinski definition) is 1. The fourth-order valence-corrected chi connectivity index (χ4v) is 1.57. The van der Waals surface area contributed by atoms with Crippen LogP contribution in [0.15, 0.2) is 24.3 Å². The highest BCUT2D eigenvalue weighted by molar-refractivity contribution is 5.47. The molecule has 1 saturated carbocycles. The molecule has 0 heterocycles. The number of halogens is 5. The summed E-state index contributed by atoms with van der Waals surface area (Å²) in [6.45, 7) is 0.612. The van der Waals surface area contributed by atoms with Crippen molar-refractivity contribution >= 4 is 5.69 Å². The molecular formula is C12H12F5N. The maximum atomic E-state index is 13.1. The molecule has 1 nitrogen and oxygen atoms in total. The van der Waals surface area contributed by atoms with E-state index in [0.717, 1.165) is 25.0 Å². The van der Waals surface area contributed by atoms with Gasteiger partial charge in [0.25, 0.3) is 0 Å². The summed E-state index contributed by atoms with van der Waals surface area (Å²) in [6.07, 6.45) is -3.42. The predicted molar refractivity (Wildman–Crippen MR) is 57.6 cm³/mol. The van der Waals surface area contributed by atoms with Crippen LogP contribution in [0, 0.1) is 5.92 Å². The molecule has 0 bridgehead atoms. The van der Waals surface area contributed by atoms with E-state index in [-0.39, 0.29) is 0 Å². The minimum absolute atomic E-state index is 0.295. The van der Waals surface area contributed by atoms with Crippen LogP contribution in [0.5, 0.6) is 0 Å². The third kappa shape index (κ3) is 2.73. The van der Waals surface area contributed by atoms with Crippen molar-refractivity contribution in [1.82, 2.24) is 0 Å². The van der Waals surface area contributed by atoms with Gasteiger partial charge < -0.3 is 5.32 Å². The van der Waals surface area contributed by atoms with E-state index in [9.17, 15) is 22.0 Å². The summed E-state index contributed by atoms with van der Waals surface area (Å²) >= 11 is 0. The van der Waals surface area contributed by atoms with E-state index in [4.69, 9.17) is 0 Å². The number of rotatable bonds is 4. The minimum atomic E-state index is -5.57. The summed E-state index contributed by atoms with van der Waals surface area (Å²) < 4.78 is 62.8. The quantitative estimate of drug-likeness (QED) is 0.806. The molecule has 2 rings (SSSR count). The third-order valence-corrected chi connectivity index (χ3v) is 2.87. The highest BCUT2D eigenvalue weighted by Gasteiger charge is 2.58. The van der Waals surface area contributed by atoms with Crippen molar-refractivity contribution in [1.29, 1.82) is 0 Å². The van der Waals surface area contributed by atoms with Crippen LogP contribution in [-0.2, 0) is 5.92 Å².